The standard InChI is InChI=1S/C19H27N5O3S/c1-4-13(5-2)27-15-11-12(18(25)16-8-7-9-28-16)10-14(23-24-20)17(15)22-19(26)21-6-3/h7-9,11,13-15,17H,4-6,10H2,1-3H3,(H2,21,22,26)/t14?,15-,17-/m1/s1. The number of nitrogens with zero attached hydrogens (tertiary/aromatic N) is 3. The van der Waals surface area contributed by atoms with Gasteiger partial charge in [0.25, 0.3) is 0 Å². The average Bonchev–Trinajstić information content (AvgIpc) is 3.22. The van der Waals surface area contributed by atoms with E-state index in [0.717, 1.165) is 12.8 Å². The first kappa shape index (κ1) is 21.9. The van der Waals surface area contributed by atoms with Crippen LogP contribution in [0.1, 0.15) is 49.7 Å². The van der Waals surface area contributed by atoms with Crippen LogP contribution in [0.2, 0.25) is 0 Å². The van der Waals surface area contributed by atoms with Gasteiger partial charge in [-0.05, 0) is 49.2 Å². The summed E-state index contributed by atoms with van der Waals surface area (Å²) in [5.41, 5.74) is 9.58. The highest BCUT2D eigenvalue weighted by molar-refractivity contribution is 7.12. The zero-order valence-electron chi connectivity index (χ0n) is 16.4. The molecule has 2 amide bonds. The van der Waals surface area contributed by atoms with Gasteiger partial charge in [0, 0.05) is 17.0 Å². The van der Waals surface area contributed by atoms with Gasteiger partial charge < -0.3 is 15.4 Å². The molecule has 1 aliphatic rings. The Labute approximate surface area is 169 Å². The van der Waals surface area contributed by atoms with Crippen LogP contribution >= 0.6 is 11.3 Å². The molecule has 9 heteroatoms. The Morgan fingerprint density at radius 2 is 2.14 bits per heavy atom. The summed E-state index contributed by atoms with van der Waals surface area (Å²) < 4.78 is 6.20. The van der Waals surface area contributed by atoms with Gasteiger partial charge in [-0.2, -0.15) is 0 Å². The number of rotatable bonds is 9. The molecule has 0 fully saturated rings. The van der Waals surface area contributed by atoms with Gasteiger partial charge in [-0.25, -0.2) is 4.79 Å². The van der Waals surface area contributed by atoms with Crippen molar-refractivity contribution < 1.29 is 14.3 Å². The molecular weight excluding hydrogens is 378 g/mol. The maximum atomic E-state index is 12.9. The largest absolute Gasteiger partial charge is 0.369 e. The van der Waals surface area contributed by atoms with Crippen molar-refractivity contribution in [2.24, 2.45) is 5.11 Å². The van der Waals surface area contributed by atoms with Crippen LogP contribution in [0.15, 0.2) is 34.3 Å². The van der Waals surface area contributed by atoms with Gasteiger partial charge >= 0.3 is 6.03 Å². The van der Waals surface area contributed by atoms with Crippen LogP contribution in [0.3, 0.4) is 0 Å². The van der Waals surface area contributed by atoms with Crippen molar-refractivity contribution in [1.29, 1.82) is 0 Å². The van der Waals surface area contributed by atoms with Gasteiger partial charge in [0.1, 0.15) is 0 Å². The second-order valence-electron chi connectivity index (χ2n) is 6.54. The lowest BCUT2D eigenvalue weighted by Crippen LogP contribution is -2.55. The Bertz CT molecular complexity index is 739. The maximum absolute atomic E-state index is 12.9. The predicted molar refractivity (Wildman–Crippen MR) is 110 cm³/mol. The van der Waals surface area contributed by atoms with E-state index < -0.39 is 18.2 Å². The van der Waals surface area contributed by atoms with Crippen molar-refractivity contribution >= 4 is 23.2 Å². The molecule has 1 aliphatic carbocycles. The summed E-state index contributed by atoms with van der Waals surface area (Å²) in [5, 5.41) is 11.3. The summed E-state index contributed by atoms with van der Waals surface area (Å²) in [6, 6.07) is 2.07. The summed E-state index contributed by atoms with van der Waals surface area (Å²) in [6.07, 6.45) is 3.05. The number of hydrogen-bond donors (Lipinski definition) is 2. The van der Waals surface area contributed by atoms with E-state index in [0.29, 0.717) is 17.0 Å². The van der Waals surface area contributed by atoms with E-state index in [-0.39, 0.29) is 24.3 Å². The van der Waals surface area contributed by atoms with Crippen LogP contribution in [0.5, 0.6) is 0 Å². The molecule has 152 valence electrons. The molecule has 0 radical (unpaired) electrons. The van der Waals surface area contributed by atoms with Crippen LogP contribution in [0.4, 0.5) is 4.79 Å². The number of carbonyl (C=O) groups is 2. The summed E-state index contributed by atoms with van der Waals surface area (Å²) in [7, 11) is 0. The van der Waals surface area contributed by atoms with E-state index in [1.165, 1.54) is 11.3 Å². The highest BCUT2D eigenvalue weighted by Gasteiger charge is 2.37. The van der Waals surface area contributed by atoms with Crippen LogP contribution in [-0.2, 0) is 4.74 Å². The topological polar surface area (TPSA) is 116 Å². The van der Waals surface area contributed by atoms with Crippen molar-refractivity contribution in [1.82, 2.24) is 10.6 Å². The molecule has 1 unspecified atom stereocenters. The van der Waals surface area contributed by atoms with Crippen molar-refractivity contribution in [3.05, 3.63) is 44.5 Å². The van der Waals surface area contributed by atoms with E-state index >= 15 is 0 Å². The smallest absolute Gasteiger partial charge is 0.315 e. The van der Waals surface area contributed by atoms with Gasteiger partial charge in [-0.3, -0.25) is 4.79 Å². The molecule has 0 saturated carbocycles. The number of urea groups is 1. The van der Waals surface area contributed by atoms with E-state index in [1.54, 1.807) is 12.1 Å². The third kappa shape index (κ3) is 5.58. The molecular formula is C19H27N5O3S. The Morgan fingerprint density at radius 3 is 2.71 bits per heavy atom. The molecule has 3 atom stereocenters. The van der Waals surface area contributed by atoms with Gasteiger partial charge in [0.05, 0.1) is 29.2 Å². The Balaban J connectivity index is 2.37. The van der Waals surface area contributed by atoms with Crippen molar-refractivity contribution in [3.63, 3.8) is 0 Å². The zero-order valence-corrected chi connectivity index (χ0v) is 17.2. The van der Waals surface area contributed by atoms with Gasteiger partial charge in [-0.15, -0.1) is 11.3 Å². The summed E-state index contributed by atoms with van der Waals surface area (Å²) in [6.45, 7) is 6.34. The first-order valence-electron chi connectivity index (χ1n) is 9.56. The van der Waals surface area contributed by atoms with E-state index in [2.05, 4.69) is 20.7 Å². The molecule has 1 aromatic heterocycles. The molecule has 1 heterocycles. The van der Waals surface area contributed by atoms with Crippen LogP contribution in [-0.4, -0.2) is 42.7 Å². The zero-order chi connectivity index (χ0) is 20.5. The normalized spacial score (nSPS) is 21.6. The number of carbonyl (C=O) groups excluding carboxylic acids is 2. The molecule has 0 spiro atoms. The minimum Gasteiger partial charge on any atom is -0.369 e. The van der Waals surface area contributed by atoms with Crippen molar-refractivity contribution in [2.75, 3.05) is 6.54 Å². The molecule has 0 saturated heterocycles. The number of nitrogens with one attached hydrogen (secondary N) is 2. The molecule has 0 aromatic carbocycles. The molecule has 8 nitrogen and oxygen atoms in total. The molecule has 28 heavy (non-hydrogen) atoms. The van der Waals surface area contributed by atoms with Gasteiger partial charge in [0.15, 0.2) is 5.78 Å². The minimum absolute atomic E-state index is 0.0253. The summed E-state index contributed by atoms with van der Waals surface area (Å²) >= 11 is 1.37. The maximum Gasteiger partial charge on any atom is 0.315 e. The number of thiophene rings is 1. The first-order chi connectivity index (χ1) is 13.5. The van der Waals surface area contributed by atoms with Crippen molar-refractivity contribution in [2.45, 2.75) is 64.3 Å². The van der Waals surface area contributed by atoms with Crippen molar-refractivity contribution in [3.8, 4) is 0 Å². The lowest BCUT2D eigenvalue weighted by Gasteiger charge is -2.36. The number of ether oxygens (including phenoxy) is 1. The molecule has 0 bridgehead atoms. The molecule has 2 rings (SSSR count). The Hall–Kier alpha value is -2.35. The monoisotopic (exact) mass is 405 g/mol. The third-order valence-electron chi connectivity index (χ3n) is 4.69. The second kappa shape index (κ2) is 10.8. The average molecular weight is 406 g/mol. The second-order valence-corrected chi connectivity index (χ2v) is 7.49. The summed E-state index contributed by atoms with van der Waals surface area (Å²) in [4.78, 5) is 28.6. The highest BCUT2D eigenvalue weighted by atomic mass is 32.1. The minimum atomic E-state index is -0.615. The lowest BCUT2D eigenvalue weighted by atomic mass is 9.86. The van der Waals surface area contributed by atoms with E-state index in [1.807, 2.05) is 32.2 Å². The van der Waals surface area contributed by atoms with Gasteiger partial charge in [0.2, 0.25) is 0 Å². The molecule has 0 aliphatic heterocycles. The highest BCUT2D eigenvalue weighted by Crippen LogP contribution is 2.29. The number of hydrogen-bond acceptors (Lipinski definition) is 5. The quantitative estimate of drug-likeness (QED) is 0.277. The van der Waals surface area contributed by atoms with Crippen LogP contribution < -0.4 is 10.6 Å². The fourth-order valence-electron chi connectivity index (χ4n) is 3.22. The Morgan fingerprint density at radius 1 is 1.39 bits per heavy atom. The van der Waals surface area contributed by atoms with Crippen LogP contribution in [0.25, 0.3) is 10.4 Å². The predicted octanol–water partition coefficient (Wildman–Crippen LogP) is 4.20. The molecule has 1 aromatic rings. The van der Waals surface area contributed by atoms with Gasteiger partial charge in [-0.1, -0.05) is 25.0 Å². The SMILES string of the molecule is CCNC(=O)N[C@@H]1C(N=[N+]=[N-])CC(C(=O)c2cccs2)=C[C@H]1OC(CC)CC. The van der Waals surface area contributed by atoms with E-state index in [4.69, 9.17) is 10.3 Å². The van der Waals surface area contributed by atoms with Crippen LogP contribution in [0, 0.1) is 0 Å². The molecule has 2 N–H and O–H groups in total. The van der Waals surface area contributed by atoms with E-state index in [9.17, 15) is 9.59 Å². The number of amides is 2. The number of Topliss-reactive ketones (excluding diaryl/α,β-unsaturated/α-hetero) is 1. The number of ketones is 1. The fraction of sp³-hybridized carbons (Fsp3) is 0.579. The fourth-order valence-corrected chi connectivity index (χ4v) is 3.92. The first-order valence-corrected chi connectivity index (χ1v) is 10.4. The number of azide groups is 1. The lowest BCUT2D eigenvalue weighted by molar-refractivity contribution is -0.0147. The Kier molecular flexibility index (Phi) is 8.50. The third-order valence-corrected chi connectivity index (χ3v) is 5.56. The summed E-state index contributed by atoms with van der Waals surface area (Å²) in [5.74, 6) is -0.0947.